The number of H-pyrrole nitrogens is 1. The number of hydrogen-bond donors (Lipinski definition) is 3. The maximum Gasteiger partial charge on any atom is 0.255 e. The van der Waals surface area contributed by atoms with Gasteiger partial charge in [0.05, 0.1) is 11.3 Å². The van der Waals surface area contributed by atoms with Crippen LogP contribution in [0, 0.1) is 13.8 Å². The molecule has 1 amide bonds. The monoisotopic (exact) mass is 236 g/mol. The average molecular weight is 236 g/mol. The van der Waals surface area contributed by atoms with E-state index in [4.69, 9.17) is 0 Å². The fourth-order valence-corrected chi connectivity index (χ4v) is 2.36. The Bertz CT molecular complexity index is 399. The molecule has 1 aromatic rings. The topological polar surface area (TPSA) is 69.8 Å². The van der Waals surface area contributed by atoms with E-state index < -0.39 is 0 Å². The molecule has 1 aromatic heterocycles. The summed E-state index contributed by atoms with van der Waals surface area (Å²) in [6.45, 7) is 7.56. The van der Waals surface area contributed by atoms with Crippen molar-refractivity contribution in [2.45, 2.75) is 39.2 Å². The normalized spacial score (nSPS) is 23.9. The lowest BCUT2D eigenvalue weighted by Crippen LogP contribution is -2.47. The predicted octanol–water partition coefficient (Wildman–Crippen LogP) is 0.898. The SMILES string of the molecule is Cc1n[nH]c(C)c1C(=O)NCC1(C)CCCN1. The van der Waals surface area contributed by atoms with E-state index >= 15 is 0 Å². The summed E-state index contributed by atoms with van der Waals surface area (Å²) >= 11 is 0. The van der Waals surface area contributed by atoms with Gasteiger partial charge in [-0.1, -0.05) is 0 Å². The van der Waals surface area contributed by atoms with Crippen molar-refractivity contribution in [1.29, 1.82) is 0 Å². The quantitative estimate of drug-likeness (QED) is 0.730. The van der Waals surface area contributed by atoms with E-state index in [1.807, 2.05) is 13.8 Å². The summed E-state index contributed by atoms with van der Waals surface area (Å²) in [6.07, 6.45) is 2.28. The van der Waals surface area contributed by atoms with Gasteiger partial charge in [0.1, 0.15) is 0 Å². The van der Waals surface area contributed by atoms with Crippen LogP contribution in [0.3, 0.4) is 0 Å². The molecule has 3 N–H and O–H groups in total. The third-order valence-electron chi connectivity index (χ3n) is 3.45. The maximum absolute atomic E-state index is 12.0. The number of carbonyl (C=O) groups is 1. The lowest BCUT2D eigenvalue weighted by atomic mass is 10.0. The van der Waals surface area contributed by atoms with Gasteiger partial charge in [0.15, 0.2) is 0 Å². The van der Waals surface area contributed by atoms with Crippen LogP contribution in [0.1, 0.15) is 41.5 Å². The highest BCUT2D eigenvalue weighted by Gasteiger charge is 2.28. The highest BCUT2D eigenvalue weighted by molar-refractivity contribution is 5.96. The molecule has 5 nitrogen and oxygen atoms in total. The molecule has 2 rings (SSSR count). The zero-order valence-electron chi connectivity index (χ0n) is 10.7. The van der Waals surface area contributed by atoms with Crippen LogP contribution in [0.2, 0.25) is 0 Å². The smallest absolute Gasteiger partial charge is 0.255 e. The van der Waals surface area contributed by atoms with Crippen molar-refractivity contribution in [2.24, 2.45) is 0 Å². The van der Waals surface area contributed by atoms with Gasteiger partial charge in [-0.05, 0) is 40.2 Å². The van der Waals surface area contributed by atoms with E-state index in [1.54, 1.807) is 0 Å². The largest absolute Gasteiger partial charge is 0.350 e. The van der Waals surface area contributed by atoms with Crippen molar-refractivity contribution in [1.82, 2.24) is 20.8 Å². The van der Waals surface area contributed by atoms with Gasteiger partial charge < -0.3 is 10.6 Å². The minimum Gasteiger partial charge on any atom is -0.350 e. The second kappa shape index (κ2) is 4.49. The first-order chi connectivity index (χ1) is 8.02. The van der Waals surface area contributed by atoms with Crippen molar-refractivity contribution in [3.63, 3.8) is 0 Å². The molecule has 1 unspecified atom stereocenters. The van der Waals surface area contributed by atoms with E-state index in [0.717, 1.165) is 24.4 Å². The summed E-state index contributed by atoms with van der Waals surface area (Å²) < 4.78 is 0. The molecule has 0 aliphatic carbocycles. The molecule has 1 aliphatic heterocycles. The van der Waals surface area contributed by atoms with Crippen molar-refractivity contribution < 1.29 is 4.79 Å². The van der Waals surface area contributed by atoms with Gasteiger partial charge in [0.2, 0.25) is 0 Å². The lowest BCUT2D eigenvalue weighted by molar-refractivity contribution is 0.0941. The van der Waals surface area contributed by atoms with E-state index in [0.29, 0.717) is 12.1 Å². The Morgan fingerprint density at radius 2 is 2.29 bits per heavy atom. The predicted molar refractivity (Wildman–Crippen MR) is 66.0 cm³/mol. The zero-order valence-corrected chi connectivity index (χ0v) is 10.7. The third kappa shape index (κ3) is 2.49. The summed E-state index contributed by atoms with van der Waals surface area (Å²) in [5.41, 5.74) is 2.29. The number of aryl methyl sites for hydroxylation is 2. The summed E-state index contributed by atoms with van der Waals surface area (Å²) in [7, 11) is 0. The van der Waals surface area contributed by atoms with E-state index in [2.05, 4.69) is 27.8 Å². The minimum absolute atomic E-state index is 0.0383. The van der Waals surface area contributed by atoms with Crippen LogP contribution in [0.4, 0.5) is 0 Å². The molecule has 2 heterocycles. The first-order valence-corrected chi connectivity index (χ1v) is 6.07. The number of carbonyl (C=O) groups excluding carboxylic acids is 1. The Labute approximate surface area is 101 Å². The molecule has 0 saturated carbocycles. The number of nitrogens with one attached hydrogen (secondary N) is 3. The molecular weight excluding hydrogens is 216 g/mol. The Hall–Kier alpha value is -1.36. The maximum atomic E-state index is 12.0. The standard InChI is InChI=1S/C12H20N4O/c1-8-10(9(2)16-15-8)11(17)13-7-12(3)5-4-6-14-12/h14H,4-7H2,1-3H3,(H,13,17)(H,15,16). The van der Waals surface area contributed by atoms with Crippen LogP contribution in [0.15, 0.2) is 0 Å². The summed E-state index contributed by atoms with van der Waals surface area (Å²) in [5, 5.41) is 13.3. The number of nitrogens with zero attached hydrogens (tertiary/aromatic N) is 1. The van der Waals surface area contributed by atoms with Crippen LogP contribution in [0.25, 0.3) is 0 Å². The van der Waals surface area contributed by atoms with Gasteiger partial charge in [-0.2, -0.15) is 5.10 Å². The highest BCUT2D eigenvalue weighted by Crippen LogP contribution is 2.17. The Morgan fingerprint density at radius 1 is 1.53 bits per heavy atom. The van der Waals surface area contributed by atoms with Gasteiger partial charge in [-0.15, -0.1) is 0 Å². The second-order valence-electron chi connectivity index (χ2n) is 5.08. The molecule has 1 fully saturated rings. The van der Waals surface area contributed by atoms with Crippen LogP contribution < -0.4 is 10.6 Å². The fraction of sp³-hybridized carbons (Fsp3) is 0.667. The van der Waals surface area contributed by atoms with Gasteiger partial charge in [0, 0.05) is 17.8 Å². The molecule has 94 valence electrons. The lowest BCUT2D eigenvalue weighted by Gasteiger charge is -2.24. The van der Waals surface area contributed by atoms with E-state index in [-0.39, 0.29) is 11.4 Å². The third-order valence-corrected chi connectivity index (χ3v) is 3.45. The highest BCUT2D eigenvalue weighted by atomic mass is 16.1. The number of rotatable bonds is 3. The average Bonchev–Trinajstić information content (AvgIpc) is 2.84. The first kappa shape index (κ1) is 12.1. The van der Waals surface area contributed by atoms with Gasteiger partial charge >= 0.3 is 0 Å². The van der Waals surface area contributed by atoms with Crippen molar-refractivity contribution >= 4 is 5.91 Å². The second-order valence-corrected chi connectivity index (χ2v) is 5.08. The van der Waals surface area contributed by atoms with E-state index in [1.165, 1.54) is 6.42 Å². The fourth-order valence-electron chi connectivity index (χ4n) is 2.36. The molecule has 0 radical (unpaired) electrons. The van der Waals surface area contributed by atoms with Crippen molar-refractivity contribution in [3.8, 4) is 0 Å². The van der Waals surface area contributed by atoms with E-state index in [9.17, 15) is 4.79 Å². The molecule has 1 saturated heterocycles. The number of hydrogen-bond acceptors (Lipinski definition) is 3. The van der Waals surface area contributed by atoms with Crippen LogP contribution >= 0.6 is 0 Å². The Balaban J connectivity index is 1.98. The van der Waals surface area contributed by atoms with Crippen LogP contribution in [0.5, 0.6) is 0 Å². The molecular formula is C12H20N4O. The number of aromatic amines is 1. The van der Waals surface area contributed by atoms with Crippen LogP contribution in [-0.2, 0) is 0 Å². The Kier molecular flexibility index (Phi) is 3.19. The molecule has 0 bridgehead atoms. The minimum atomic E-state index is -0.0383. The van der Waals surface area contributed by atoms with Gasteiger partial charge in [-0.25, -0.2) is 0 Å². The summed E-state index contributed by atoms with van der Waals surface area (Å²) in [6, 6.07) is 0. The molecule has 5 heteroatoms. The van der Waals surface area contributed by atoms with Crippen molar-refractivity contribution in [2.75, 3.05) is 13.1 Å². The molecule has 0 aromatic carbocycles. The zero-order chi connectivity index (χ0) is 12.5. The number of aromatic nitrogens is 2. The van der Waals surface area contributed by atoms with Gasteiger partial charge in [-0.3, -0.25) is 9.89 Å². The molecule has 1 atom stereocenters. The molecule has 1 aliphatic rings. The van der Waals surface area contributed by atoms with Gasteiger partial charge in [0.25, 0.3) is 5.91 Å². The molecule has 17 heavy (non-hydrogen) atoms. The first-order valence-electron chi connectivity index (χ1n) is 6.07. The van der Waals surface area contributed by atoms with Crippen molar-refractivity contribution in [3.05, 3.63) is 17.0 Å². The Morgan fingerprint density at radius 3 is 2.82 bits per heavy atom. The number of amides is 1. The van der Waals surface area contributed by atoms with Crippen LogP contribution in [-0.4, -0.2) is 34.7 Å². The molecule has 0 spiro atoms. The summed E-state index contributed by atoms with van der Waals surface area (Å²) in [5.74, 6) is -0.0383. The summed E-state index contributed by atoms with van der Waals surface area (Å²) in [4.78, 5) is 12.0.